The Balaban J connectivity index is 1.95. The molecule has 3 aromatic rings. The molecule has 144 valence electrons. The molecule has 2 aromatic heterocycles. The molecule has 3 rings (SSSR count). The highest BCUT2D eigenvalue weighted by atomic mass is 32.1. The molecule has 1 aromatic carbocycles. The maximum absolute atomic E-state index is 12.8. The van der Waals surface area contributed by atoms with E-state index in [1.807, 2.05) is 0 Å². The minimum Gasteiger partial charge on any atom is -0.488 e. The lowest BCUT2D eigenvalue weighted by atomic mass is 10.0. The molecule has 0 saturated heterocycles. The average Bonchev–Trinajstić information content (AvgIpc) is 3.24. The van der Waals surface area contributed by atoms with E-state index in [4.69, 9.17) is 11.9 Å². The summed E-state index contributed by atoms with van der Waals surface area (Å²) in [6, 6.07) is 4.69. The van der Waals surface area contributed by atoms with Gasteiger partial charge >= 0.3 is 0 Å². The van der Waals surface area contributed by atoms with E-state index < -0.39 is 31.2 Å². The molecule has 0 bridgehead atoms. The van der Waals surface area contributed by atoms with E-state index in [2.05, 4.69) is 10.3 Å². The van der Waals surface area contributed by atoms with E-state index in [0.29, 0.717) is 21.6 Å². The summed E-state index contributed by atoms with van der Waals surface area (Å²) in [6.45, 7) is 1.96. The number of aliphatic hydroxyl groups is 2. The van der Waals surface area contributed by atoms with Gasteiger partial charge in [0.1, 0.15) is 23.7 Å². The van der Waals surface area contributed by atoms with Crippen LogP contribution in [0.3, 0.4) is 0 Å². The molecule has 0 aliphatic heterocycles. The Morgan fingerprint density at radius 1 is 1.41 bits per heavy atom. The van der Waals surface area contributed by atoms with E-state index in [9.17, 15) is 15.0 Å². The van der Waals surface area contributed by atoms with Gasteiger partial charge in [-0.1, -0.05) is 0 Å². The second-order valence-electron chi connectivity index (χ2n) is 6.47. The van der Waals surface area contributed by atoms with Gasteiger partial charge in [-0.3, -0.25) is 4.79 Å². The lowest BCUT2D eigenvalue weighted by Crippen LogP contribution is -2.51. The van der Waals surface area contributed by atoms with Crippen molar-refractivity contribution in [1.29, 1.82) is 0 Å². The van der Waals surface area contributed by atoms with Gasteiger partial charge in [0.05, 0.1) is 36.9 Å². The fraction of sp³-hybridized carbons (Fsp3) is 0.368. The van der Waals surface area contributed by atoms with Gasteiger partial charge in [-0.25, -0.2) is 4.98 Å². The van der Waals surface area contributed by atoms with Crippen molar-refractivity contribution in [3.05, 3.63) is 45.6 Å². The molecule has 0 aliphatic rings. The number of ether oxygens (including phenoxy) is 1. The number of aliphatic hydroxyl groups excluding tert-OH is 2. The Bertz CT molecular complexity index is 1040. The van der Waals surface area contributed by atoms with E-state index in [-0.39, 0.29) is 11.3 Å². The number of carbonyl (C=O) groups excluding carboxylic acids is 1. The Hall–Kier alpha value is -2.42. The topological polar surface area (TPSA) is 105 Å². The summed E-state index contributed by atoms with van der Waals surface area (Å²) < 4.78 is 27.6. The Morgan fingerprint density at radius 2 is 2.15 bits per heavy atom. The molecule has 7 nitrogen and oxygen atoms in total. The highest BCUT2D eigenvalue weighted by molar-refractivity contribution is 7.11. The van der Waals surface area contributed by atoms with Gasteiger partial charge in [-0.15, -0.1) is 11.3 Å². The monoisotopic (exact) mass is 392 g/mol. The Labute approximate surface area is 163 Å². The third kappa shape index (κ3) is 4.13. The standard InChI is InChI=1S/C19H22N2O5S/c1-11-17(18(24)21-19(3,9-22)10-23)15-6-13(4-5-16(15)26-11)25-8-14-7-20-12(2)27-14/h4-7,22-23H,8-10H2,1-3H3,(H,21,24)/i8D2. The highest BCUT2D eigenvalue weighted by Gasteiger charge is 2.28. The number of thiazole rings is 1. The molecule has 0 fully saturated rings. The second-order valence-corrected chi connectivity index (χ2v) is 7.70. The van der Waals surface area contributed by atoms with Crippen molar-refractivity contribution in [2.24, 2.45) is 0 Å². The number of aryl methyl sites for hydroxylation is 2. The molecule has 0 spiro atoms. The van der Waals surface area contributed by atoms with Gasteiger partial charge in [0, 0.05) is 11.6 Å². The van der Waals surface area contributed by atoms with Gasteiger partial charge in [0.25, 0.3) is 5.91 Å². The highest BCUT2D eigenvalue weighted by Crippen LogP contribution is 2.30. The van der Waals surface area contributed by atoms with Crippen molar-refractivity contribution in [3.8, 4) is 5.75 Å². The van der Waals surface area contributed by atoms with Crippen LogP contribution in [0.5, 0.6) is 5.75 Å². The van der Waals surface area contributed by atoms with Crippen LogP contribution in [0.15, 0.2) is 28.8 Å². The number of rotatable bonds is 7. The number of hydrogen-bond donors (Lipinski definition) is 3. The molecule has 0 atom stereocenters. The first-order chi connectivity index (χ1) is 13.6. The predicted octanol–water partition coefficient (Wildman–Crippen LogP) is 2.56. The molecule has 1 amide bonds. The summed E-state index contributed by atoms with van der Waals surface area (Å²) >= 11 is 1.20. The minimum absolute atomic E-state index is 0.218. The zero-order valence-corrected chi connectivity index (χ0v) is 16.0. The van der Waals surface area contributed by atoms with Crippen LogP contribution >= 0.6 is 11.3 Å². The maximum atomic E-state index is 12.8. The third-order valence-corrected chi connectivity index (χ3v) is 4.88. The number of nitrogens with zero attached hydrogens (tertiary/aromatic N) is 1. The number of benzene rings is 1. The molecule has 27 heavy (non-hydrogen) atoms. The van der Waals surface area contributed by atoms with E-state index in [1.165, 1.54) is 30.5 Å². The van der Waals surface area contributed by atoms with Crippen LogP contribution in [0.4, 0.5) is 0 Å². The third-order valence-electron chi connectivity index (χ3n) is 4.07. The molecule has 0 aliphatic carbocycles. The summed E-state index contributed by atoms with van der Waals surface area (Å²) in [7, 11) is 0. The SMILES string of the molecule is [2H]C([2H])(Oc1ccc2oc(C)c(C(=O)NC(C)(CO)CO)c2c1)c1cnc(C)s1. The zero-order valence-electron chi connectivity index (χ0n) is 17.2. The number of aromatic nitrogens is 1. The van der Waals surface area contributed by atoms with Gasteiger partial charge in [0.2, 0.25) is 0 Å². The van der Waals surface area contributed by atoms with Crippen LogP contribution in [-0.2, 0) is 6.56 Å². The first-order valence-corrected chi connectivity index (χ1v) is 9.09. The van der Waals surface area contributed by atoms with Crippen LogP contribution in [0, 0.1) is 13.8 Å². The van der Waals surface area contributed by atoms with Crippen molar-refractivity contribution in [3.63, 3.8) is 0 Å². The second kappa shape index (κ2) is 7.67. The van der Waals surface area contributed by atoms with Crippen LogP contribution in [-0.4, -0.2) is 39.9 Å². The molecule has 0 unspecified atom stereocenters. The molecule has 0 saturated carbocycles. The van der Waals surface area contributed by atoms with Gasteiger partial charge < -0.3 is 24.7 Å². The van der Waals surface area contributed by atoms with Gasteiger partial charge in [0.15, 0.2) is 0 Å². The summed E-state index contributed by atoms with van der Waals surface area (Å²) in [6.07, 6.45) is 1.43. The van der Waals surface area contributed by atoms with Crippen molar-refractivity contribution < 1.29 is 26.9 Å². The Morgan fingerprint density at radius 3 is 2.78 bits per heavy atom. The quantitative estimate of drug-likeness (QED) is 0.571. The number of carbonyl (C=O) groups is 1. The first kappa shape index (κ1) is 16.7. The van der Waals surface area contributed by atoms with Crippen LogP contribution in [0.25, 0.3) is 11.0 Å². The zero-order chi connectivity index (χ0) is 21.4. The largest absolute Gasteiger partial charge is 0.488 e. The summed E-state index contributed by atoms with van der Waals surface area (Å²) in [5.74, 6) is 0.0505. The van der Waals surface area contributed by atoms with E-state index in [0.717, 1.165) is 5.01 Å². The molecule has 2 heterocycles. The number of furan rings is 1. The van der Waals surface area contributed by atoms with Crippen molar-refractivity contribution in [1.82, 2.24) is 10.3 Å². The van der Waals surface area contributed by atoms with Crippen LogP contribution < -0.4 is 10.1 Å². The maximum Gasteiger partial charge on any atom is 0.256 e. The average molecular weight is 392 g/mol. The fourth-order valence-electron chi connectivity index (χ4n) is 2.53. The fourth-order valence-corrected chi connectivity index (χ4v) is 3.14. The first-order valence-electron chi connectivity index (χ1n) is 9.28. The molecular weight excluding hydrogens is 368 g/mol. The summed E-state index contributed by atoms with van der Waals surface area (Å²) in [5.41, 5.74) is -0.528. The van der Waals surface area contributed by atoms with Crippen molar-refractivity contribution in [2.45, 2.75) is 32.9 Å². The summed E-state index contributed by atoms with van der Waals surface area (Å²) in [5, 5.41) is 22.6. The predicted molar refractivity (Wildman–Crippen MR) is 102 cm³/mol. The number of amides is 1. The molecule has 3 N–H and O–H groups in total. The van der Waals surface area contributed by atoms with Crippen molar-refractivity contribution in [2.75, 3.05) is 13.2 Å². The van der Waals surface area contributed by atoms with Gasteiger partial charge in [-0.05, 0) is 39.0 Å². The molecule has 0 radical (unpaired) electrons. The summed E-state index contributed by atoms with van der Waals surface area (Å²) in [4.78, 5) is 17.2. The lowest BCUT2D eigenvalue weighted by molar-refractivity contribution is 0.0723. The van der Waals surface area contributed by atoms with Gasteiger partial charge in [-0.2, -0.15) is 0 Å². The van der Waals surface area contributed by atoms with E-state index in [1.54, 1.807) is 26.0 Å². The minimum atomic E-state index is -2.09. The van der Waals surface area contributed by atoms with Crippen molar-refractivity contribution >= 4 is 28.2 Å². The molecular formula is C19H22N2O5S. The van der Waals surface area contributed by atoms with Crippen LogP contribution in [0.2, 0.25) is 0 Å². The Kier molecular flexibility index (Phi) is 4.76. The lowest BCUT2D eigenvalue weighted by Gasteiger charge is -2.26. The van der Waals surface area contributed by atoms with E-state index >= 15 is 0 Å². The number of fused-ring (bicyclic) bond motifs is 1. The number of hydrogen-bond acceptors (Lipinski definition) is 7. The smallest absolute Gasteiger partial charge is 0.256 e. The number of nitrogens with one attached hydrogen (secondary N) is 1. The van der Waals surface area contributed by atoms with Crippen LogP contribution in [0.1, 0.15) is 35.7 Å². The normalized spacial score (nSPS) is 13.4. The molecule has 8 heteroatoms.